The number of esters is 1. The average Bonchev–Trinajstić information content (AvgIpc) is 3.22. The van der Waals surface area contributed by atoms with Gasteiger partial charge in [-0.15, -0.1) is 0 Å². The van der Waals surface area contributed by atoms with Crippen LogP contribution < -0.4 is 9.47 Å². The summed E-state index contributed by atoms with van der Waals surface area (Å²) in [5, 5.41) is 0.779. The van der Waals surface area contributed by atoms with Crippen LogP contribution in [0.5, 0.6) is 11.5 Å². The van der Waals surface area contributed by atoms with Gasteiger partial charge >= 0.3 is 5.97 Å². The zero-order valence-corrected chi connectivity index (χ0v) is 17.2. The van der Waals surface area contributed by atoms with Crippen molar-refractivity contribution in [2.24, 2.45) is 0 Å². The number of carbonyl (C=O) groups is 2. The molecule has 31 heavy (non-hydrogen) atoms. The van der Waals surface area contributed by atoms with Crippen LogP contribution in [0.4, 0.5) is 0 Å². The molecule has 0 bridgehead atoms. The Labute approximate surface area is 179 Å². The number of rotatable bonds is 7. The van der Waals surface area contributed by atoms with Crippen molar-refractivity contribution in [3.8, 4) is 22.8 Å². The fourth-order valence-electron chi connectivity index (χ4n) is 3.58. The van der Waals surface area contributed by atoms with E-state index in [4.69, 9.17) is 14.2 Å². The van der Waals surface area contributed by atoms with Crippen molar-refractivity contribution in [3.63, 3.8) is 0 Å². The fraction of sp³-hybridized carbons (Fsp3) is 0.120. The highest BCUT2D eigenvalue weighted by Gasteiger charge is 2.23. The summed E-state index contributed by atoms with van der Waals surface area (Å²) in [6.45, 7) is -0.402. The minimum absolute atomic E-state index is 0.192. The number of para-hydroxylation sites is 2. The van der Waals surface area contributed by atoms with Gasteiger partial charge in [-0.2, -0.15) is 0 Å². The highest BCUT2D eigenvalue weighted by molar-refractivity contribution is 6.14. The number of aromatic nitrogens is 1. The van der Waals surface area contributed by atoms with Gasteiger partial charge < -0.3 is 19.2 Å². The molecule has 0 aliphatic heterocycles. The number of benzene rings is 3. The molecule has 4 rings (SSSR count). The lowest BCUT2D eigenvalue weighted by Gasteiger charge is -2.12. The molecule has 3 aromatic carbocycles. The van der Waals surface area contributed by atoms with Gasteiger partial charge in [-0.25, -0.2) is 4.79 Å². The fourth-order valence-corrected chi connectivity index (χ4v) is 3.58. The number of hydrogen-bond donors (Lipinski definition) is 1. The van der Waals surface area contributed by atoms with E-state index in [1.807, 2.05) is 54.6 Å². The molecule has 0 fully saturated rings. The molecule has 0 radical (unpaired) electrons. The average molecular weight is 415 g/mol. The van der Waals surface area contributed by atoms with Crippen molar-refractivity contribution in [1.82, 2.24) is 4.98 Å². The van der Waals surface area contributed by atoms with Crippen molar-refractivity contribution in [2.75, 3.05) is 20.8 Å². The molecule has 0 spiro atoms. The number of fused-ring (bicyclic) bond motifs is 1. The third kappa shape index (κ3) is 3.88. The molecule has 0 aliphatic carbocycles. The molecule has 156 valence electrons. The van der Waals surface area contributed by atoms with Gasteiger partial charge in [0.05, 0.1) is 25.5 Å². The SMILES string of the molecule is COc1cccc(C(=O)OCC(=O)c2c(-c3ccccc3)[nH]c3ccccc23)c1OC. The van der Waals surface area contributed by atoms with Crippen LogP contribution >= 0.6 is 0 Å². The molecular weight excluding hydrogens is 394 g/mol. The number of ketones is 1. The van der Waals surface area contributed by atoms with Crippen LogP contribution in [0.3, 0.4) is 0 Å². The Bertz CT molecular complexity index is 1240. The summed E-state index contributed by atoms with van der Waals surface area (Å²) >= 11 is 0. The van der Waals surface area contributed by atoms with E-state index in [2.05, 4.69) is 4.98 Å². The Morgan fingerprint density at radius 1 is 0.839 bits per heavy atom. The third-order valence-corrected chi connectivity index (χ3v) is 5.00. The summed E-state index contributed by atoms with van der Waals surface area (Å²) < 4.78 is 15.9. The van der Waals surface area contributed by atoms with Crippen LogP contribution in [0.25, 0.3) is 22.2 Å². The molecule has 4 aromatic rings. The summed E-state index contributed by atoms with van der Waals surface area (Å²) in [4.78, 5) is 29.2. The van der Waals surface area contributed by atoms with E-state index >= 15 is 0 Å². The van der Waals surface area contributed by atoms with Gasteiger partial charge in [0, 0.05) is 10.9 Å². The molecule has 0 amide bonds. The summed E-state index contributed by atoms with van der Waals surface area (Å²) in [6.07, 6.45) is 0. The van der Waals surface area contributed by atoms with Gasteiger partial charge in [-0.05, 0) is 23.8 Å². The number of ether oxygens (including phenoxy) is 3. The predicted molar refractivity (Wildman–Crippen MR) is 118 cm³/mol. The quantitative estimate of drug-likeness (QED) is 0.343. The molecule has 0 saturated heterocycles. The van der Waals surface area contributed by atoms with Gasteiger partial charge in [-0.3, -0.25) is 4.79 Å². The van der Waals surface area contributed by atoms with E-state index in [-0.39, 0.29) is 17.1 Å². The van der Waals surface area contributed by atoms with Gasteiger partial charge in [0.1, 0.15) is 5.56 Å². The number of carbonyl (C=O) groups excluding carboxylic acids is 2. The van der Waals surface area contributed by atoms with E-state index in [1.54, 1.807) is 18.2 Å². The Kier molecular flexibility index (Phi) is 5.71. The summed E-state index contributed by atoms with van der Waals surface area (Å²) in [5.41, 5.74) is 3.10. The van der Waals surface area contributed by atoms with Crippen molar-refractivity contribution >= 4 is 22.7 Å². The zero-order chi connectivity index (χ0) is 21.8. The second kappa shape index (κ2) is 8.75. The Morgan fingerprint density at radius 2 is 1.58 bits per heavy atom. The van der Waals surface area contributed by atoms with Crippen LogP contribution in [-0.2, 0) is 4.74 Å². The molecule has 0 aliphatic rings. The van der Waals surface area contributed by atoms with Crippen LogP contribution in [0.2, 0.25) is 0 Å². The van der Waals surface area contributed by atoms with Gasteiger partial charge in [0.2, 0.25) is 5.78 Å². The van der Waals surface area contributed by atoms with Gasteiger partial charge in [0.15, 0.2) is 18.1 Å². The van der Waals surface area contributed by atoms with E-state index in [9.17, 15) is 9.59 Å². The highest BCUT2D eigenvalue weighted by Crippen LogP contribution is 2.32. The topological polar surface area (TPSA) is 77.6 Å². The van der Waals surface area contributed by atoms with Crippen LogP contribution in [0.1, 0.15) is 20.7 Å². The van der Waals surface area contributed by atoms with E-state index in [1.165, 1.54) is 14.2 Å². The molecule has 6 nitrogen and oxygen atoms in total. The molecule has 1 heterocycles. The van der Waals surface area contributed by atoms with Crippen molar-refractivity contribution < 1.29 is 23.8 Å². The second-order valence-electron chi connectivity index (χ2n) is 6.83. The minimum atomic E-state index is -0.662. The summed E-state index contributed by atoms with van der Waals surface area (Å²) in [5.74, 6) is -0.289. The number of aromatic amines is 1. The van der Waals surface area contributed by atoms with E-state index < -0.39 is 12.6 Å². The summed E-state index contributed by atoms with van der Waals surface area (Å²) in [6, 6.07) is 22.0. The van der Waals surface area contributed by atoms with Crippen molar-refractivity contribution in [1.29, 1.82) is 0 Å². The van der Waals surface area contributed by atoms with Gasteiger partial charge in [-0.1, -0.05) is 54.6 Å². The molecule has 1 aromatic heterocycles. The predicted octanol–water partition coefficient (Wildman–Crippen LogP) is 4.89. The van der Waals surface area contributed by atoms with Crippen LogP contribution in [0.15, 0.2) is 72.8 Å². The minimum Gasteiger partial charge on any atom is -0.493 e. The van der Waals surface area contributed by atoms with Crippen molar-refractivity contribution in [3.05, 3.63) is 83.9 Å². The molecular formula is C25H21NO5. The number of H-pyrrole nitrogens is 1. The monoisotopic (exact) mass is 415 g/mol. The molecule has 6 heteroatoms. The van der Waals surface area contributed by atoms with Crippen LogP contribution in [-0.4, -0.2) is 37.6 Å². The number of nitrogens with one attached hydrogen (secondary N) is 1. The maximum atomic E-state index is 13.2. The Hall–Kier alpha value is -4.06. The Morgan fingerprint density at radius 3 is 2.32 bits per heavy atom. The smallest absolute Gasteiger partial charge is 0.342 e. The molecule has 0 atom stereocenters. The van der Waals surface area contributed by atoms with Gasteiger partial charge in [0.25, 0.3) is 0 Å². The lowest BCUT2D eigenvalue weighted by Crippen LogP contribution is -2.15. The molecule has 0 saturated carbocycles. The Balaban J connectivity index is 1.64. The highest BCUT2D eigenvalue weighted by atomic mass is 16.5. The second-order valence-corrected chi connectivity index (χ2v) is 6.83. The first-order valence-electron chi connectivity index (χ1n) is 9.71. The van der Waals surface area contributed by atoms with E-state index in [0.717, 1.165) is 16.5 Å². The summed E-state index contributed by atoms with van der Waals surface area (Å²) in [7, 11) is 2.93. The first-order chi connectivity index (χ1) is 15.1. The van der Waals surface area contributed by atoms with E-state index in [0.29, 0.717) is 17.0 Å². The maximum absolute atomic E-state index is 13.2. The number of hydrogen-bond acceptors (Lipinski definition) is 5. The lowest BCUT2D eigenvalue weighted by molar-refractivity contribution is 0.0471. The standard InChI is InChI=1S/C25H21NO5/c1-29-21-14-8-12-18(24(21)30-2)25(28)31-15-20(27)22-17-11-6-7-13-19(17)26-23(22)16-9-4-3-5-10-16/h3-14,26H,15H2,1-2H3. The largest absolute Gasteiger partial charge is 0.493 e. The molecule has 0 unspecified atom stereocenters. The first-order valence-corrected chi connectivity index (χ1v) is 9.71. The van der Waals surface area contributed by atoms with Crippen molar-refractivity contribution in [2.45, 2.75) is 0 Å². The normalized spacial score (nSPS) is 10.6. The number of Topliss-reactive ketones (excluding diaryl/α,β-unsaturated/α-hetero) is 1. The third-order valence-electron chi connectivity index (χ3n) is 5.00. The lowest BCUT2D eigenvalue weighted by atomic mass is 10.0. The first kappa shape index (κ1) is 20.2. The zero-order valence-electron chi connectivity index (χ0n) is 17.2. The maximum Gasteiger partial charge on any atom is 0.342 e. The number of methoxy groups -OCH3 is 2. The van der Waals surface area contributed by atoms with Crippen LogP contribution in [0, 0.1) is 0 Å². The molecule has 1 N–H and O–H groups in total.